The van der Waals surface area contributed by atoms with Crippen molar-refractivity contribution < 1.29 is 9.59 Å². The summed E-state index contributed by atoms with van der Waals surface area (Å²) >= 11 is 1.32. The molecule has 6 nitrogen and oxygen atoms in total. The fraction of sp³-hybridized carbons (Fsp3) is 0.381. The Bertz CT molecular complexity index is 1010. The Morgan fingerprint density at radius 1 is 1.14 bits per heavy atom. The van der Waals surface area contributed by atoms with Gasteiger partial charge in [-0.25, -0.2) is 4.98 Å². The van der Waals surface area contributed by atoms with E-state index in [9.17, 15) is 9.59 Å². The van der Waals surface area contributed by atoms with Crippen LogP contribution in [0.3, 0.4) is 0 Å². The van der Waals surface area contributed by atoms with E-state index in [-0.39, 0.29) is 17.4 Å². The van der Waals surface area contributed by atoms with Crippen LogP contribution in [0.4, 0.5) is 5.13 Å². The van der Waals surface area contributed by atoms with Crippen LogP contribution in [0.15, 0.2) is 30.5 Å². The van der Waals surface area contributed by atoms with Gasteiger partial charge in [-0.2, -0.15) is 0 Å². The summed E-state index contributed by atoms with van der Waals surface area (Å²) in [4.78, 5) is 29.8. The van der Waals surface area contributed by atoms with E-state index in [1.807, 2.05) is 36.7 Å². The van der Waals surface area contributed by atoms with E-state index >= 15 is 0 Å². The lowest BCUT2D eigenvalue weighted by atomic mass is 10.1. The molecule has 3 rings (SSSR count). The minimum absolute atomic E-state index is 0.116. The number of amides is 2. The van der Waals surface area contributed by atoms with Gasteiger partial charge in [0.1, 0.15) is 0 Å². The van der Waals surface area contributed by atoms with Crippen molar-refractivity contribution in [2.45, 2.75) is 46.6 Å². The highest BCUT2D eigenvalue weighted by Gasteiger charge is 2.25. The molecule has 0 aliphatic rings. The summed E-state index contributed by atoms with van der Waals surface area (Å²) in [7, 11) is 0. The van der Waals surface area contributed by atoms with Crippen molar-refractivity contribution in [2.24, 2.45) is 0 Å². The second-order valence-electron chi connectivity index (χ2n) is 7.83. The molecule has 0 bridgehead atoms. The Hall–Kier alpha value is -2.67. The van der Waals surface area contributed by atoms with Crippen LogP contribution in [0.25, 0.3) is 10.3 Å². The Kier molecular flexibility index (Phi) is 5.56. The molecule has 0 aliphatic carbocycles. The van der Waals surface area contributed by atoms with Crippen molar-refractivity contribution in [2.75, 3.05) is 11.9 Å². The van der Waals surface area contributed by atoms with Crippen LogP contribution in [-0.4, -0.2) is 27.9 Å². The average molecular weight is 399 g/mol. The molecule has 2 aromatic heterocycles. The normalized spacial score (nSPS) is 11.6. The van der Waals surface area contributed by atoms with Crippen LogP contribution < -0.4 is 10.6 Å². The van der Waals surface area contributed by atoms with Crippen molar-refractivity contribution in [3.8, 4) is 0 Å². The first-order valence-electron chi connectivity index (χ1n) is 9.39. The lowest BCUT2D eigenvalue weighted by Crippen LogP contribution is -2.24. The maximum absolute atomic E-state index is 12.6. The van der Waals surface area contributed by atoms with Crippen molar-refractivity contribution >= 4 is 38.6 Å². The summed E-state index contributed by atoms with van der Waals surface area (Å²) in [5.41, 5.74) is 2.72. The number of aromatic nitrogens is 2. The topological polar surface area (TPSA) is 76.0 Å². The summed E-state index contributed by atoms with van der Waals surface area (Å²) < 4.78 is 2.77. The minimum atomic E-state index is -0.242. The van der Waals surface area contributed by atoms with E-state index in [4.69, 9.17) is 0 Å². The zero-order valence-electron chi connectivity index (χ0n) is 16.9. The molecule has 0 aliphatic heterocycles. The number of anilines is 1. The fourth-order valence-corrected chi connectivity index (χ4v) is 3.79. The lowest BCUT2D eigenvalue weighted by Gasteiger charge is -2.21. The molecule has 0 unspecified atom stereocenters. The van der Waals surface area contributed by atoms with Gasteiger partial charge in [-0.3, -0.25) is 14.9 Å². The van der Waals surface area contributed by atoms with Gasteiger partial charge in [-0.05, 0) is 46.2 Å². The second-order valence-corrected chi connectivity index (χ2v) is 8.83. The van der Waals surface area contributed by atoms with Gasteiger partial charge in [-0.1, -0.05) is 36.0 Å². The number of rotatable bonds is 5. The summed E-state index contributed by atoms with van der Waals surface area (Å²) in [6.45, 7) is 10.8. The number of aryl methyl sites for hydroxylation is 1. The number of hydrogen-bond acceptors (Lipinski definition) is 4. The van der Waals surface area contributed by atoms with Gasteiger partial charge in [0.15, 0.2) is 10.8 Å². The Morgan fingerprint density at radius 3 is 2.43 bits per heavy atom. The fourth-order valence-electron chi connectivity index (χ4n) is 2.83. The maximum Gasteiger partial charge on any atom is 0.257 e. The molecule has 2 N–H and O–H groups in total. The molecule has 0 fully saturated rings. The molecular weight excluding hydrogens is 372 g/mol. The first-order valence-corrected chi connectivity index (χ1v) is 10.2. The quantitative estimate of drug-likeness (QED) is 0.662. The predicted octanol–water partition coefficient (Wildman–Crippen LogP) is 4.55. The molecule has 3 aromatic rings. The van der Waals surface area contributed by atoms with Crippen LogP contribution in [0.1, 0.15) is 60.4 Å². The first kappa shape index (κ1) is 20.1. The van der Waals surface area contributed by atoms with E-state index in [0.29, 0.717) is 28.5 Å². The van der Waals surface area contributed by atoms with E-state index in [1.165, 1.54) is 11.3 Å². The van der Waals surface area contributed by atoms with Gasteiger partial charge in [0.25, 0.3) is 11.8 Å². The van der Waals surface area contributed by atoms with Crippen LogP contribution in [-0.2, 0) is 5.54 Å². The van der Waals surface area contributed by atoms with Crippen LogP contribution in [0.5, 0.6) is 0 Å². The van der Waals surface area contributed by atoms with Crippen molar-refractivity contribution in [1.82, 2.24) is 14.9 Å². The van der Waals surface area contributed by atoms with Crippen LogP contribution in [0, 0.1) is 6.92 Å². The van der Waals surface area contributed by atoms with Gasteiger partial charge in [-0.15, -0.1) is 0 Å². The Morgan fingerprint density at radius 2 is 1.82 bits per heavy atom. The number of nitrogens with one attached hydrogen (secondary N) is 2. The zero-order valence-corrected chi connectivity index (χ0v) is 17.7. The molecular formula is C21H26N4O2S. The molecule has 0 atom stereocenters. The molecule has 7 heteroatoms. The third-order valence-corrected chi connectivity index (χ3v) is 5.37. The minimum Gasteiger partial charge on any atom is -0.352 e. The van der Waals surface area contributed by atoms with Crippen LogP contribution in [0.2, 0.25) is 0 Å². The summed E-state index contributed by atoms with van der Waals surface area (Å²) in [5, 5.41) is 6.28. The SMILES string of the molecule is CCCNC(=O)c1cn(C(C)(C)C)c2nc(NC(=O)c3ccc(C)cc3)sc12. The Balaban J connectivity index is 1.96. The summed E-state index contributed by atoms with van der Waals surface area (Å²) in [5.74, 6) is -0.328. The number of thiazole rings is 1. The standard InChI is InChI=1S/C21H26N4O2S/c1-6-11-22-19(27)15-12-25(21(3,4)5)17-16(15)28-20(23-17)24-18(26)14-9-7-13(2)8-10-14/h7-10,12H,6,11H2,1-5H3,(H,22,27)(H,23,24,26). The van der Waals surface area contributed by atoms with Gasteiger partial charge >= 0.3 is 0 Å². The third kappa shape index (κ3) is 4.09. The smallest absolute Gasteiger partial charge is 0.257 e. The Labute approximate surface area is 169 Å². The average Bonchev–Trinajstić information content (AvgIpc) is 3.18. The molecule has 0 saturated carbocycles. The number of nitrogens with zero attached hydrogens (tertiary/aromatic N) is 2. The highest BCUT2D eigenvalue weighted by molar-refractivity contribution is 7.22. The van der Waals surface area contributed by atoms with E-state index in [2.05, 4.69) is 36.4 Å². The molecule has 148 valence electrons. The largest absolute Gasteiger partial charge is 0.352 e. The van der Waals surface area contributed by atoms with Gasteiger partial charge < -0.3 is 9.88 Å². The maximum atomic E-state index is 12.6. The van der Waals surface area contributed by atoms with E-state index in [1.54, 1.807) is 12.1 Å². The number of carbonyl (C=O) groups excluding carboxylic acids is 2. The number of carbonyl (C=O) groups is 2. The van der Waals surface area contributed by atoms with Gasteiger partial charge in [0.05, 0.1) is 10.3 Å². The van der Waals surface area contributed by atoms with Gasteiger partial charge in [0.2, 0.25) is 0 Å². The van der Waals surface area contributed by atoms with Crippen molar-refractivity contribution in [3.05, 3.63) is 47.2 Å². The van der Waals surface area contributed by atoms with Gasteiger partial charge in [0, 0.05) is 23.8 Å². The highest BCUT2D eigenvalue weighted by atomic mass is 32.1. The molecule has 1 aromatic carbocycles. The summed E-state index contributed by atoms with van der Waals surface area (Å²) in [6, 6.07) is 7.38. The second kappa shape index (κ2) is 7.75. The van der Waals surface area contributed by atoms with Crippen molar-refractivity contribution in [3.63, 3.8) is 0 Å². The monoisotopic (exact) mass is 398 g/mol. The third-order valence-electron chi connectivity index (χ3n) is 4.38. The number of benzene rings is 1. The molecule has 0 saturated heterocycles. The molecule has 0 radical (unpaired) electrons. The number of hydrogen-bond donors (Lipinski definition) is 2. The van der Waals surface area contributed by atoms with Crippen LogP contribution >= 0.6 is 11.3 Å². The van der Waals surface area contributed by atoms with E-state index < -0.39 is 0 Å². The molecule has 2 heterocycles. The molecule has 2 amide bonds. The molecule has 28 heavy (non-hydrogen) atoms. The molecule has 0 spiro atoms. The number of fused-ring (bicyclic) bond motifs is 1. The highest BCUT2D eigenvalue weighted by Crippen LogP contribution is 2.34. The van der Waals surface area contributed by atoms with E-state index in [0.717, 1.165) is 16.7 Å². The predicted molar refractivity (Wildman–Crippen MR) is 114 cm³/mol. The zero-order chi connectivity index (χ0) is 20.5. The summed E-state index contributed by atoms with van der Waals surface area (Å²) in [6.07, 6.45) is 2.72. The van der Waals surface area contributed by atoms with Crippen molar-refractivity contribution in [1.29, 1.82) is 0 Å². The lowest BCUT2D eigenvalue weighted by molar-refractivity contribution is 0.0954. The first-order chi connectivity index (χ1) is 13.2.